The van der Waals surface area contributed by atoms with Gasteiger partial charge in [-0.15, -0.1) is 0 Å². The molecule has 0 aliphatic rings. The molecule has 1 heterocycles. The van der Waals surface area contributed by atoms with E-state index >= 15 is 0 Å². The maximum absolute atomic E-state index is 4.77. The fourth-order valence-corrected chi connectivity index (χ4v) is 2.77. The van der Waals surface area contributed by atoms with Crippen molar-refractivity contribution in [1.82, 2.24) is 4.98 Å². The first-order valence-electron chi connectivity index (χ1n) is 6.49. The predicted molar refractivity (Wildman–Crippen MR) is 82.3 cm³/mol. The number of aryl methyl sites for hydroxylation is 2. The molecular weight excluding hydrogens is 288 g/mol. The van der Waals surface area contributed by atoms with Gasteiger partial charge in [0.05, 0.1) is 5.52 Å². The smallest absolute Gasteiger partial charge is 0.129 e. The van der Waals surface area contributed by atoms with Gasteiger partial charge in [0.15, 0.2) is 0 Å². The Bertz CT molecular complexity index is 564. The van der Waals surface area contributed by atoms with E-state index in [0.717, 1.165) is 35.2 Å². The Kier molecular flexibility index (Phi) is 4.23. The lowest BCUT2D eigenvalue weighted by atomic mass is 10.1. The molecule has 0 bridgehead atoms. The number of halogens is 1. The first-order chi connectivity index (χ1) is 8.65. The van der Waals surface area contributed by atoms with Crippen molar-refractivity contribution >= 4 is 32.7 Å². The summed E-state index contributed by atoms with van der Waals surface area (Å²) in [5.41, 5.74) is 3.58. The highest BCUT2D eigenvalue weighted by atomic mass is 79.9. The van der Waals surface area contributed by atoms with E-state index < -0.39 is 0 Å². The summed E-state index contributed by atoms with van der Waals surface area (Å²) >= 11 is 3.61. The summed E-state index contributed by atoms with van der Waals surface area (Å²) in [6.45, 7) is 7.41. The molecule has 2 aromatic rings. The third-order valence-corrected chi connectivity index (χ3v) is 3.62. The topological polar surface area (TPSA) is 24.9 Å². The molecular formula is C15H19BrN2. The van der Waals surface area contributed by atoms with E-state index in [9.17, 15) is 0 Å². The minimum absolute atomic E-state index is 0.967. The average Bonchev–Trinajstić information content (AvgIpc) is 2.35. The van der Waals surface area contributed by atoms with E-state index in [4.69, 9.17) is 4.98 Å². The van der Waals surface area contributed by atoms with Gasteiger partial charge in [-0.05, 0) is 65.0 Å². The second-order valence-corrected chi connectivity index (χ2v) is 5.45. The lowest BCUT2D eigenvalue weighted by Gasteiger charge is -2.12. The van der Waals surface area contributed by atoms with Gasteiger partial charge in [-0.2, -0.15) is 0 Å². The molecule has 0 spiro atoms. The van der Waals surface area contributed by atoms with Gasteiger partial charge in [0.2, 0.25) is 0 Å². The first kappa shape index (κ1) is 13.3. The van der Waals surface area contributed by atoms with Crippen LogP contribution < -0.4 is 5.32 Å². The van der Waals surface area contributed by atoms with Crippen molar-refractivity contribution in [2.45, 2.75) is 33.6 Å². The number of rotatable bonds is 4. The molecule has 3 heteroatoms. The van der Waals surface area contributed by atoms with Gasteiger partial charge in [0.25, 0.3) is 0 Å². The van der Waals surface area contributed by atoms with Crippen LogP contribution in [0.1, 0.15) is 31.4 Å². The number of nitrogens with one attached hydrogen (secondary N) is 1. The van der Waals surface area contributed by atoms with E-state index in [0.29, 0.717) is 0 Å². The molecule has 1 N–H and O–H groups in total. The normalized spacial score (nSPS) is 10.9. The highest BCUT2D eigenvalue weighted by molar-refractivity contribution is 9.10. The quantitative estimate of drug-likeness (QED) is 0.886. The predicted octanol–water partition coefficient (Wildman–Crippen LogP) is 4.69. The molecule has 96 valence electrons. The first-order valence-corrected chi connectivity index (χ1v) is 7.28. The van der Waals surface area contributed by atoms with Crippen LogP contribution >= 0.6 is 15.9 Å². The Morgan fingerprint density at radius 2 is 2.00 bits per heavy atom. The fourth-order valence-electron chi connectivity index (χ4n) is 2.10. The SMILES string of the molecule is CCCNc1nc2c(Br)cc(C)cc2cc1CC. The molecule has 0 aliphatic heterocycles. The Morgan fingerprint density at radius 3 is 2.67 bits per heavy atom. The van der Waals surface area contributed by atoms with E-state index in [1.165, 1.54) is 16.5 Å². The van der Waals surface area contributed by atoms with Crippen LogP contribution in [-0.4, -0.2) is 11.5 Å². The van der Waals surface area contributed by atoms with E-state index in [2.05, 4.69) is 60.2 Å². The number of aromatic nitrogens is 1. The standard InChI is InChI=1S/C15H19BrN2/c1-4-6-17-15-11(5-2)9-12-7-10(3)8-13(16)14(12)18-15/h7-9H,4-6H2,1-3H3,(H,17,18). The van der Waals surface area contributed by atoms with Crippen molar-refractivity contribution in [3.8, 4) is 0 Å². The third kappa shape index (κ3) is 2.66. The summed E-state index contributed by atoms with van der Waals surface area (Å²) in [5.74, 6) is 1.02. The van der Waals surface area contributed by atoms with Crippen molar-refractivity contribution in [1.29, 1.82) is 0 Å². The van der Waals surface area contributed by atoms with Crippen molar-refractivity contribution < 1.29 is 0 Å². The highest BCUT2D eigenvalue weighted by Gasteiger charge is 2.08. The van der Waals surface area contributed by atoms with Gasteiger partial charge >= 0.3 is 0 Å². The summed E-state index contributed by atoms with van der Waals surface area (Å²) < 4.78 is 1.07. The number of hydrogen-bond acceptors (Lipinski definition) is 2. The van der Waals surface area contributed by atoms with Gasteiger partial charge in [-0.25, -0.2) is 4.98 Å². The van der Waals surface area contributed by atoms with Crippen LogP contribution in [0.2, 0.25) is 0 Å². The molecule has 0 saturated heterocycles. The molecule has 2 rings (SSSR count). The van der Waals surface area contributed by atoms with Gasteiger partial charge in [-0.3, -0.25) is 0 Å². The number of pyridine rings is 1. The molecule has 1 aromatic heterocycles. The third-order valence-electron chi connectivity index (χ3n) is 3.02. The monoisotopic (exact) mass is 306 g/mol. The largest absolute Gasteiger partial charge is 0.370 e. The van der Waals surface area contributed by atoms with Crippen LogP contribution in [0.15, 0.2) is 22.7 Å². The van der Waals surface area contributed by atoms with Crippen molar-refractivity contribution in [3.05, 3.63) is 33.8 Å². The van der Waals surface area contributed by atoms with E-state index in [-0.39, 0.29) is 0 Å². The van der Waals surface area contributed by atoms with Crippen LogP contribution in [0.25, 0.3) is 10.9 Å². The second-order valence-electron chi connectivity index (χ2n) is 4.59. The van der Waals surface area contributed by atoms with Gasteiger partial charge in [-0.1, -0.05) is 13.8 Å². The molecule has 0 unspecified atom stereocenters. The zero-order valence-corrected chi connectivity index (χ0v) is 12.8. The van der Waals surface area contributed by atoms with Crippen LogP contribution in [0.5, 0.6) is 0 Å². The number of anilines is 1. The highest BCUT2D eigenvalue weighted by Crippen LogP contribution is 2.28. The summed E-state index contributed by atoms with van der Waals surface area (Å²) in [5, 5.41) is 4.62. The zero-order valence-electron chi connectivity index (χ0n) is 11.2. The summed E-state index contributed by atoms with van der Waals surface area (Å²) in [6.07, 6.45) is 2.11. The second kappa shape index (κ2) is 5.70. The van der Waals surface area contributed by atoms with E-state index in [1.807, 2.05) is 0 Å². The lowest BCUT2D eigenvalue weighted by molar-refractivity contribution is 0.961. The van der Waals surface area contributed by atoms with Gasteiger partial charge < -0.3 is 5.32 Å². The Hall–Kier alpha value is -1.09. The van der Waals surface area contributed by atoms with Crippen LogP contribution in [0.3, 0.4) is 0 Å². The van der Waals surface area contributed by atoms with Gasteiger partial charge in [0, 0.05) is 16.4 Å². The van der Waals surface area contributed by atoms with Crippen molar-refractivity contribution in [2.24, 2.45) is 0 Å². The number of fused-ring (bicyclic) bond motifs is 1. The lowest BCUT2D eigenvalue weighted by Crippen LogP contribution is -2.05. The zero-order chi connectivity index (χ0) is 13.1. The molecule has 18 heavy (non-hydrogen) atoms. The number of hydrogen-bond donors (Lipinski definition) is 1. The Morgan fingerprint density at radius 1 is 1.22 bits per heavy atom. The summed E-state index contributed by atoms with van der Waals surface area (Å²) in [7, 11) is 0. The summed E-state index contributed by atoms with van der Waals surface area (Å²) in [4.78, 5) is 4.77. The minimum Gasteiger partial charge on any atom is -0.370 e. The number of benzene rings is 1. The maximum atomic E-state index is 4.77. The van der Waals surface area contributed by atoms with Crippen molar-refractivity contribution in [2.75, 3.05) is 11.9 Å². The van der Waals surface area contributed by atoms with Crippen LogP contribution in [-0.2, 0) is 6.42 Å². The fraction of sp³-hybridized carbons (Fsp3) is 0.400. The molecule has 1 aromatic carbocycles. The molecule has 0 aliphatic carbocycles. The molecule has 0 fully saturated rings. The Labute approximate surface area is 117 Å². The molecule has 2 nitrogen and oxygen atoms in total. The average molecular weight is 307 g/mol. The molecule has 0 saturated carbocycles. The van der Waals surface area contributed by atoms with Crippen LogP contribution in [0.4, 0.5) is 5.82 Å². The molecule has 0 amide bonds. The van der Waals surface area contributed by atoms with Gasteiger partial charge in [0.1, 0.15) is 5.82 Å². The number of nitrogens with zero attached hydrogens (tertiary/aromatic N) is 1. The van der Waals surface area contributed by atoms with Crippen LogP contribution in [0, 0.1) is 6.92 Å². The maximum Gasteiger partial charge on any atom is 0.129 e. The minimum atomic E-state index is 0.967. The van der Waals surface area contributed by atoms with Crippen molar-refractivity contribution in [3.63, 3.8) is 0 Å². The summed E-state index contributed by atoms with van der Waals surface area (Å²) in [6, 6.07) is 6.55. The van der Waals surface area contributed by atoms with E-state index in [1.54, 1.807) is 0 Å². The molecule has 0 radical (unpaired) electrons. The Balaban J connectivity index is 2.57. The molecule has 0 atom stereocenters.